The van der Waals surface area contributed by atoms with Gasteiger partial charge in [0, 0.05) is 17.2 Å². The molecule has 0 aliphatic heterocycles. The molecule has 1 atom stereocenters. The highest BCUT2D eigenvalue weighted by atomic mass is 35.5. The van der Waals surface area contributed by atoms with Gasteiger partial charge in [-0.05, 0) is 42.8 Å². The Labute approximate surface area is 129 Å². The third-order valence-corrected chi connectivity index (χ3v) is 3.50. The van der Waals surface area contributed by atoms with Gasteiger partial charge in [0.05, 0.1) is 10.7 Å². The molecule has 106 valence electrons. The van der Waals surface area contributed by atoms with Crippen molar-refractivity contribution in [3.8, 4) is 12.3 Å². The minimum absolute atomic E-state index is 0.00646. The molecule has 2 aromatic carbocycles. The van der Waals surface area contributed by atoms with Crippen LogP contribution in [0.5, 0.6) is 0 Å². The fourth-order valence-electron chi connectivity index (χ4n) is 1.87. The van der Waals surface area contributed by atoms with Crippen molar-refractivity contribution in [3.05, 3.63) is 58.6 Å². The molecule has 2 rings (SSSR count). The summed E-state index contributed by atoms with van der Waals surface area (Å²) in [5, 5.41) is 3.25. The number of amides is 1. The van der Waals surface area contributed by atoms with Crippen LogP contribution in [0.4, 0.5) is 11.4 Å². The standard InChI is InChI=1S/C17H15ClN2O/c1-3-11(2)12-5-4-6-14(9-12)20-17(21)13-7-8-15(18)16(19)10-13/h1,4-11H,19H2,2H3,(H,20,21). The lowest BCUT2D eigenvalue weighted by Gasteiger charge is -2.10. The Morgan fingerprint density at radius 2 is 2.10 bits per heavy atom. The highest BCUT2D eigenvalue weighted by molar-refractivity contribution is 6.33. The van der Waals surface area contributed by atoms with Crippen LogP contribution in [-0.4, -0.2) is 5.91 Å². The first-order chi connectivity index (χ1) is 10.0. The lowest BCUT2D eigenvalue weighted by molar-refractivity contribution is 0.102. The van der Waals surface area contributed by atoms with Gasteiger partial charge in [0.1, 0.15) is 0 Å². The second-order valence-corrected chi connectivity index (χ2v) is 5.11. The van der Waals surface area contributed by atoms with Crippen LogP contribution in [-0.2, 0) is 0 Å². The maximum atomic E-state index is 12.2. The van der Waals surface area contributed by atoms with E-state index in [-0.39, 0.29) is 11.8 Å². The third-order valence-electron chi connectivity index (χ3n) is 3.15. The summed E-state index contributed by atoms with van der Waals surface area (Å²) in [6, 6.07) is 12.2. The van der Waals surface area contributed by atoms with Crippen molar-refractivity contribution in [3.63, 3.8) is 0 Å². The molecule has 0 aromatic heterocycles. The van der Waals surface area contributed by atoms with Crippen LogP contribution in [0, 0.1) is 12.3 Å². The number of terminal acetylenes is 1. The topological polar surface area (TPSA) is 55.1 Å². The van der Waals surface area contributed by atoms with Crippen LogP contribution in [0.15, 0.2) is 42.5 Å². The van der Waals surface area contributed by atoms with Crippen LogP contribution in [0.1, 0.15) is 28.8 Å². The number of hydrogen-bond acceptors (Lipinski definition) is 2. The largest absolute Gasteiger partial charge is 0.398 e. The summed E-state index contributed by atoms with van der Waals surface area (Å²) in [5.74, 6) is 2.41. The van der Waals surface area contributed by atoms with E-state index in [9.17, 15) is 4.79 Å². The summed E-state index contributed by atoms with van der Waals surface area (Å²) in [6.45, 7) is 1.93. The van der Waals surface area contributed by atoms with E-state index < -0.39 is 0 Å². The van der Waals surface area contributed by atoms with Gasteiger partial charge in [0.15, 0.2) is 0 Å². The number of rotatable bonds is 3. The molecule has 1 amide bonds. The number of halogens is 1. The molecule has 2 aromatic rings. The van der Waals surface area contributed by atoms with Crippen molar-refractivity contribution < 1.29 is 4.79 Å². The van der Waals surface area contributed by atoms with Crippen LogP contribution in [0.25, 0.3) is 0 Å². The zero-order valence-corrected chi connectivity index (χ0v) is 12.3. The van der Waals surface area contributed by atoms with E-state index >= 15 is 0 Å². The average Bonchev–Trinajstić information content (AvgIpc) is 2.49. The van der Waals surface area contributed by atoms with Gasteiger partial charge in [-0.2, -0.15) is 0 Å². The summed E-state index contributed by atoms with van der Waals surface area (Å²) in [6.07, 6.45) is 5.41. The molecule has 0 radical (unpaired) electrons. The van der Waals surface area contributed by atoms with Crippen molar-refractivity contribution in [1.82, 2.24) is 0 Å². The molecule has 0 saturated heterocycles. The molecule has 0 saturated carbocycles. The van der Waals surface area contributed by atoms with E-state index in [0.29, 0.717) is 22.0 Å². The molecule has 1 unspecified atom stereocenters. The number of nitrogens with two attached hydrogens (primary N) is 1. The minimum Gasteiger partial charge on any atom is -0.398 e. The number of carbonyl (C=O) groups excluding carboxylic acids is 1. The molecule has 0 aliphatic rings. The molecule has 0 spiro atoms. The monoisotopic (exact) mass is 298 g/mol. The van der Waals surface area contributed by atoms with Crippen molar-refractivity contribution in [2.75, 3.05) is 11.1 Å². The zero-order valence-electron chi connectivity index (χ0n) is 11.6. The highest BCUT2D eigenvalue weighted by Crippen LogP contribution is 2.22. The second-order valence-electron chi connectivity index (χ2n) is 4.70. The summed E-state index contributed by atoms with van der Waals surface area (Å²) in [5.41, 5.74) is 8.19. The number of carbonyl (C=O) groups is 1. The number of anilines is 2. The van der Waals surface area contributed by atoms with E-state index in [1.54, 1.807) is 18.2 Å². The lowest BCUT2D eigenvalue weighted by Crippen LogP contribution is -2.12. The fourth-order valence-corrected chi connectivity index (χ4v) is 1.99. The van der Waals surface area contributed by atoms with E-state index in [1.807, 2.05) is 31.2 Å². The smallest absolute Gasteiger partial charge is 0.255 e. The number of nitrogen functional groups attached to an aromatic ring is 1. The number of hydrogen-bond donors (Lipinski definition) is 2. The maximum absolute atomic E-state index is 12.2. The Kier molecular flexibility index (Phi) is 4.52. The molecule has 0 aliphatic carbocycles. The zero-order chi connectivity index (χ0) is 15.4. The molecule has 3 N–H and O–H groups in total. The minimum atomic E-state index is -0.246. The highest BCUT2D eigenvalue weighted by Gasteiger charge is 2.09. The van der Waals surface area contributed by atoms with Gasteiger partial charge in [-0.3, -0.25) is 4.79 Å². The summed E-state index contributed by atoms with van der Waals surface area (Å²) >= 11 is 5.84. The summed E-state index contributed by atoms with van der Waals surface area (Å²) in [4.78, 5) is 12.2. The van der Waals surface area contributed by atoms with Crippen molar-refractivity contribution in [2.45, 2.75) is 12.8 Å². The van der Waals surface area contributed by atoms with Gasteiger partial charge in [0.25, 0.3) is 5.91 Å². The van der Waals surface area contributed by atoms with Crippen molar-refractivity contribution in [2.24, 2.45) is 0 Å². The number of benzene rings is 2. The van der Waals surface area contributed by atoms with Crippen LogP contribution >= 0.6 is 11.6 Å². The number of nitrogens with one attached hydrogen (secondary N) is 1. The quantitative estimate of drug-likeness (QED) is 0.667. The van der Waals surface area contributed by atoms with E-state index in [1.165, 1.54) is 0 Å². The Morgan fingerprint density at radius 3 is 2.76 bits per heavy atom. The van der Waals surface area contributed by atoms with Gasteiger partial charge in [-0.1, -0.05) is 29.7 Å². The van der Waals surface area contributed by atoms with Crippen LogP contribution < -0.4 is 11.1 Å². The van der Waals surface area contributed by atoms with E-state index in [2.05, 4.69) is 11.2 Å². The second kappa shape index (κ2) is 6.34. The SMILES string of the molecule is C#CC(C)c1cccc(NC(=O)c2ccc(Cl)c(N)c2)c1. The van der Waals surface area contributed by atoms with E-state index in [0.717, 1.165) is 5.56 Å². The summed E-state index contributed by atoms with van der Waals surface area (Å²) < 4.78 is 0. The molecule has 0 fully saturated rings. The molecular weight excluding hydrogens is 284 g/mol. The van der Waals surface area contributed by atoms with Gasteiger partial charge in [0.2, 0.25) is 0 Å². The van der Waals surface area contributed by atoms with Gasteiger partial charge < -0.3 is 11.1 Å². The Balaban J connectivity index is 2.20. The van der Waals surface area contributed by atoms with E-state index in [4.69, 9.17) is 23.8 Å². The van der Waals surface area contributed by atoms with Gasteiger partial charge >= 0.3 is 0 Å². The molecule has 21 heavy (non-hydrogen) atoms. The third kappa shape index (κ3) is 3.56. The average molecular weight is 299 g/mol. The Bertz CT molecular complexity index is 719. The first-order valence-corrected chi connectivity index (χ1v) is 6.81. The van der Waals surface area contributed by atoms with Gasteiger partial charge in [-0.15, -0.1) is 6.42 Å². The molecule has 0 bridgehead atoms. The maximum Gasteiger partial charge on any atom is 0.255 e. The molecule has 3 nitrogen and oxygen atoms in total. The van der Waals surface area contributed by atoms with Crippen molar-refractivity contribution >= 4 is 28.9 Å². The van der Waals surface area contributed by atoms with Gasteiger partial charge in [-0.25, -0.2) is 0 Å². The Morgan fingerprint density at radius 1 is 1.33 bits per heavy atom. The van der Waals surface area contributed by atoms with Crippen LogP contribution in [0.3, 0.4) is 0 Å². The summed E-state index contributed by atoms with van der Waals surface area (Å²) in [7, 11) is 0. The lowest BCUT2D eigenvalue weighted by atomic mass is 10.0. The first kappa shape index (κ1) is 15.0. The predicted molar refractivity (Wildman–Crippen MR) is 87.5 cm³/mol. The molecule has 4 heteroatoms. The molecular formula is C17H15ClN2O. The van der Waals surface area contributed by atoms with Crippen LogP contribution in [0.2, 0.25) is 5.02 Å². The normalized spacial score (nSPS) is 11.5. The van der Waals surface area contributed by atoms with Crippen molar-refractivity contribution in [1.29, 1.82) is 0 Å². The predicted octanol–water partition coefficient (Wildman–Crippen LogP) is 3.91. The fraction of sp³-hybridized carbons (Fsp3) is 0.118. The molecule has 0 heterocycles. The Hall–Kier alpha value is -2.44. The first-order valence-electron chi connectivity index (χ1n) is 6.43.